The van der Waals surface area contributed by atoms with Gasteiger partial charge >= 0.3 is 0 Å². The molecule has 0 bridgehead atoms. The van der Waals surface area contributed by atoms with E-state index in [0.29, 0.717) is 5.33 Å². The summed E-state index contributed by atoms with van der Waals surface area (Å²) in [6.45, 7) is 1.99. The molecule has 0 aliphatic heterocycles. The Morgan fingerprint density at radius 2 is 2.23 bits per heavy atom. The van der Waals surface area contributed by atoms with Gasteiger partial charge in [0.05, 0.1) is 13.2 Å². The smallest absolute Gasteiger partial charge is 0.124 e. The largest absolute Gasteiger partial charge is 0.496 e. The molecular weight excluding hydrogens is 232 g/mol. The van der Waals surface area contributed by atoms with Crippen molar-refractivity contribution in [3.05, 3.63) is 29.3 Å². The molecule has 0 amide bonds. The first-order chi connectivity index (χ1) is 6.19. The zero-order chi connectivity index (χ0) is 9.84. The van der Waals surface area contributed by atoms with Gasteiger partial charge in [-0.25, -0.2) is 0 Å². The van der Waals surface area contributed by atoms with E-state index in [0.717, 1.165) is 16.9 Å². The molecule has 0 aromatic heterocycles. The lowest BCUT2D eigenvalue weighted by Crippen LogP contribution is -2.01. The third-order valence-corrected chi connectivity index (χ3v) is 2.50. The van der Waals surface area contributed by atoms with E-state index in [1.54, 1.807) is 7.11 Å². The van der Waals surface area contributed by atoms with Crippen molar-refractivity contribution < 1.29 is 9.84 Å². The molecule has 0 heterocycles. The molecule has 1 aromatic rings. The van der Waals surface area contributed by atoms with Crippen molar-refractivity contribution in [2.24, 2.45) is 0 Å². The normalized spacial score (nSPS) is 12.6. The van der Waals surface area contributed by atoms with Crippen molar-refractivity contribution in [1.82, 2.24) is 0 Å². The number of aliphatic hydroxyl groups excluding tert-OH is 1. The van der Waals surface area contributed by atoms with Gasteiger partial charge in [0.2, 0.25) is 0 Å². The molecule has 2 nitrogen and oxygen atoms in total. The van der Waals surface area contributed by atoms with Crippen LogP contribution in [0, 0.1) is 6.92 Å². The minimum absolute atomic E-state index is 0.505. The number of halogens is 1. The van der Waals surface area contributed by atoms with Crippen LogP contribution >= 0.6 is 15.9 Å². The molecule has 0 radical (unpaired) electrons. The van der Waals surface area contributed by atoms with Crippen LogP contribution in [-0.4, -0.2) is 17.5 Å². The summed E-state index contributed by atoms with van der Waals surface area (Å²) in [6.07, 6.45) is -0.505. The second-order valence-electron chi connectivity index (χ2n) is 2.92. The lowest BCUT2D eigenvalue weighted by Gasteiger charge is -2.12. The Kier molecular flexibility index (Phi) is 3.75. The van der Waals surface area contributed by atoms with E-state index < -0.39 is 6.10 Å². The van der Waals surface area contributed by atoms with E-state index >= 15 is 0 Å². The van der Waals surface area contributed by atoms with Crippen LogP contribution in [0.2, 0.25) is 0 Å². The molecular formula is C10H13BrO2. The second-order valence-corrected chi connectivity index (χ2v) is 3.56. The molecule has 0 unspecified atom stereocenters. The summed E-state index contributed by atoms with van der Waals surface area (Å²) in [5, 5.41) is 10.2. The summed E-state index contributed by atoms with van der Waals surface area (Å²) in [5.74, 6) is 0.734. The molecule has 1 aromatic carbocycles. The molecule has 0 fully saturated rings. The van der Waals surface area contributed by atoms with Gasteiger partial charge in [0, 0.05) is 10.9 Å². The summed E-state index contributed by atoms with van der Waals surface area (Å²) in [6, 6.07) is 5.77. The Hall–Kier alpha value is -0.540. The molecule has 13 heavy (non-hydrogen) atoms. The molecule has 0 aliphatic rings. The Morgan fingerprint density at radius 1 is 1.54 bits per heavy atom. The van der Waals surface area contributed by atoms with Crippen molar-refractivity contribution in [3.63, 3.8) is 0 Å². The topological polar surface area (TPSA) is 29.5 Å². The summed E-state index contributed by atoms with van der Waals surface area (Å²) in [7, 11) is 1.61. The maximum atomic E-state index is 9.64. The van der Waals surface area contributed by atoms with Crippen LogP contribution in [0.5, 0.6) is 5.75 Å². The van der Waals surface area contributed by atoms with E-state index in [4.69, 9.17) is 4.74 Å². The number of alkyl halides is 1. The molecule has 0 saturated heterocycles. The van der Waals surface area contributed by atoms with E-state index in [-0.39, 0.29) is 0 Å². The van der Waals surface area contributed by atoms with Crippen LogP contribution in [0.15, 0.2) is 18.2 Å². The first kappa shape index (κ1) is 10.5. The second kappa shape index (κ2) is 4.63. The van der Waals surface area contributed by atoms with E-state index in [9.17, 15) is 5.11 Å². The van der Waals surface area contributed by atoms with E-state index in [1.807, 2.05) is 25.1 Å². The number of ether oxygens (including phenoxy) is 1. The lowest BCUT2D eigenvalue weighted by molar-refractivity contribution is 0.200. The third kappa shape index (κ3) is 2.45. The number of aliphatic hydroxyl groups is 1. The summed E-state index contributed by atoms with van der Waals surface area (Å²) in [5.41, 5.74) is 1.95. The van der Waals surface area contributed by atoms with Gasteiger partial charge in [-0.05, 0) is 19.1 Å². The number of hydrogen-bond acceptors (Lipinski definition) is 2. The fraction of sp³-hybridized carbons (Fsp3) is 0.400. The van der Waals surface area contributed by atoms with Gasteiger partial charge in [-0.3, -0.25) is 0 Å². The van der Waals surface area contributed by atoms with Crippen LogP contribution in [0.3, 0.4) is 0 Å². The highest BCUT2D eigenvalue weighted by atomic mass is 79.9. The summed E-state index contributed by atoms with van der Waals surface area (Å²) >= 11 is 3.23. The van der Waals surface area contributed by atoms with Gasteiger partial charge in [-0.2, -0.15) is 0 Å². The first-order valence-electron chi connectivity index (χ1n) is 4.07. The third-order valence-electron chi connectivity index (χ3n) is 1.89. The van der Waals surface area contributed by atoms with Gasteiger partial charge in [-0.1, -0.05) is 27.6 Å². The van der Waals surface area contributed by atoms with Crippen molar-refractivity contribution in [3.8, 4) is 5.75 Å². The average molecular weight is 245 g/mol. The number of hydrogen-bond donors (Lipinski definition) is 1. The highest BCUT2D eigenvalue weighted by Gasteiger charge is 2.11. The molecule has 0 saturated carbocycles. The fourth-order valence-corrected chi connectivity index (χ4v) is 1.55. The lowest BCUT2D eigenvalue weighted by atomic mass is 10.1. The Bertz CT molecular complexity index is 286. The zero-order valence-corrected chi connectivity index (χ0v) is 9.34. The van der Waals surface area contributed by atoms with Gasteiger partial charge < -0.3 is 9.84 Å². The fourth-order valence-electron chi connectivity index (χ4n) is 1.20. The molecule has 3 heteroatoms. The molecule has 0 aliphatic carbocycles. The number of aryl methyl sites for hydroxylation is 1. The molecule has 0 spiro atoms. The molecule has 1 N–H and O–H groups in total. The van der Waals surface area contributed by atoms with Crippen molar-refractivity contribution in [1.29, 1.82) is 0 Å². The SMILES string of the molecule is COc1ccc(C)cc1[C@@H](O)CBr. The standard InChI is InChI=1S/C10H13BrO2/c1-7-3-4-10(13-2)8(5-7)9(12)6-11/h3-5,9,12H,6H2,1-2H3/t9-/m0/s1. The average Bonchev–Trinajstić information content (AvgIpc) is 2.16. The Morgan fingerprint density at radius 3 is 2.77 bits per heavy atom. The molecule has 1 atom stereocenters. The molecule has 1 rings (SSSR count). The summed E-state index contributed by atoms with van der Waals surface area (Å²) in [4.78, 5) is 0. The predicted octanol–water partition coefficient (Wildman–Crippen LogP) is 2.43. The van der Waals surface area contributed by atoms with Crippen LogP contribution in [0.4, 0.5) is 0 Å². The number of rotatable bonds is 3. The van der Waals surface area contributed by atoms with Crippen molar-refractivity contribution in [2.45, 2.75) is 13.0 Å². The van der Waals surface area contributed by atoms with Gasteiger partial charge in [0.1, 0.15) is 5.75 Å². The molecule has 72 valence electrons. The highest BCUT2D eigenvalue weighted by molar-refractivity contribution is 9.09. The zero-order valence-electron chi connectivity index (χ0n) is 7.75. The van der Waals surface area contributed by atoms with E-state index in [1.165, 1.54) is 0 Å². The monoisotopic (exact) mass is 244 g/mol. The first-order valence-corrected chi connectivity index (χ1v) is 5.19. The van der Waals surface area contributed by atoms with Crippen molar-refractivity contribution >= 4 is 15.9 Å². The van der Waals surface area contributed by atoms with Crippen LogP contribution in [0.1, 0.15) is 17.2 Å². The Balaban J connectivity index is 3.07. The van der Waals surface area contributed by atoms with Crippen LogP contribution in [0.25, 0.3) is 0 Å². The predicted molar refractivity (Wildman–Crippen MR) is 56.5 cm³/mol. The number of methoxy groups -OCH3 is 1. The van der Waals surface area contributed by atoms with E-state index in [2.05, 4.69) is 15.9 Å². The van der Waals surface area contributed by atoms with Gasteiger partial charge in [0.15, 0.2) is 0 Å². The minimum atomic E-state index is -0.505. The summed E-state index contributed by atoms with van der Waals surface area (Å²) < 4.78 is 5.14. The van der Waals surface area contributed by atoms with Crippen LogP contribution in [-0.2, 0) is 0 Å². The quantitative estimate of drug-likeness (QED) is 0.828. The number of benzene rings is 1. The van der Waals surface area contributed by atoms with Crippen molar-refractivity contribution in [2.75, 3.05) is 12.4 Å². The highest BCUT2D eigenvalue weighted by Crippen LogP contribution is 2.27. The maximum absolute atomic E-state index is 9.64. The maximum Gasteiger partial charge on any atom is 0.124 e. The Labute approximate surface area is 86.7 Å². The van der Waals surface area contributed by atoms with Crippen LogP contribution < -0.4 is 4.74 Å². The van der Waals surface area contributed by atoms with Gasteiger partial charge in [0.25, 0.3) is 0 Å². The van der Waals surface area contributed by atoms with Gasteiger partial charge in [-0.15, -0.1) is 0 Å². The minimum Gasteiger partial charge on any atom is -0.496 e.